The van der Waals surface area contributed by atoms with E-state index >= 15 is 0 Å². The summed E-state index contributed by atoms with van der Waals surface area (Å²) in [7, 11) is 0. The van der Waals surface area contributed by atoms with Crippen molar-refractivity contribution in [2.24, 2.45) is 0 Å². The molecule has 2 nitrogen and oxygen atoms in total. The Morgan fingerprint density at radius 2 is 2.29 bits per heavy atom. The lowest BCUT2D eigenvalue weighted by molar-refractivity contribution is 0.635. The monoisotopic (exact) mass is 246 g/mol. The Bertz CT molecular complexity index is 426. The number of rotatable bonds is 5. The van der Waals surface area contributed by atoms with Crippen molar-refractivity contribution in [3.8, 4) is 6.07 Å². The predicted octanol–water partition coefficient (Wildman–Crippen LogP) is 3.60. The van der Waals surface area contributed by atoms with Crippen molar-refractivity contribution in [1.82, 2.24) is 5.32 Å². The molecule has 0 aliphatic heterocycles. The highest BCUT2D eigenvalue weighted by Gasteiger charge is 2.03. The topological polar surface area (TPSA) is 35.8 Å². The van der Waals surface area contributed by atoms with Crippen molar-refractivity contribution in [3.05, 3.63) is 33.5 Å². The van der Waals surface area contributed by atoms with E-state index in [2.05, 4.69) is 17.5 Å². The van der Waals surface area contributed by atoms with Gasteiger partial charge < -0.3 is 5.32 Å². The molecule has 1 N–H and O–H groups in total. The molecule has 1 aromatic rings. The number of nitrogens with zero attached hydrogens (tertiary/aromatic N) is 1. The van der Waals surface area contributed by atoms with Gasteiger partial charge in [-0.2, -0.15) is 5.26 Å². The molecule has 0 spiro atoms. The Labute approximate surface area is 107 Å². The summed E-state index contributed by atoms with van der Waals surface area (Å²) in [6, 6.07) is 6.10. The maximum Gasteiger partial charge on any atom is 0.110 e. The lowest BCUT2D eigenvalue weighted by Gasteiger charge is -2.12. The smallest absolute Gasteiger partial charge is 0.110 e. The summed E-state index contributed by atoms with van der Waals surface area (Å²) in [5.41, 5.74) is 1.62. The van der Waals surface area contributed by atoms with E-state index in [0.717, 1.165) is 18.0 Å². The highest BCUT2D eigenvalue weighted by atomic mass is 32.1. The molecular weight excluding hydrogens is 228 g/mol. The van der Waals surface area contributed by atoms with Gasteiger partial charge in [0.2, 0.25) is 0 Å². The average molecular weight is 246 g/mol. The molecule has 1 aromatic heterocycles. The fourth-order valence-corrected chi connectivity index (χ4v) is 2.90. The van der Waals surface area contributed by atoms with Gasteiger partial charge in [0.15, 0.2) is 0 Å². The summed E-state index contributed by atoms with van der Waals surface area (Å²) < 4.78 is 0. The SMILES string of the molecule is N#Cc1ccc(CNCCC2=CCCCC2)s1. The zero-order valence-electron chi connectivity index (χ0n) is 10.0. The summed E-state index contributed by atoms with van der Waals surface area (Å²) in [4.78, 5) is 2.05. The Morgan fingerprint density at radius 1 is 1.35 bits per heavy atom. The first kappa shape index (κ1) is 12.3. The van der Waals surface area contributed by atoms with E-state index in [-0.39, 0.29) is 0 Å². The molecule has 0 aromatic carbocycles. The normalized spacial score (nSPS) is 15.4. The first-order valence-corrected chi connectivity index (χ1v) is 7.07. The molecule has 0 atom stereocenters. The second-order valence-electron chi connectivity index (χ2n) is 4.41. The Balaban J connectivity index is 1.66. The fourth-order valence-electron chi connectivity index (χ4n) is 2.13. The minimum atomic E-state index is 0.803. The molecule has 1 aliphatic rings. The van der Waals surface area contributed by atoms with Gasteiger partial charge in [-0.3, -0.25) is 0 Å². The van der Waals surface area contributed by atoms with Gasteiger partial charge in [0.1, 0.15) is 10.9 Å². The molecule has 1 aliphatic carbocycles. The molecule has 0 unspecified atom stereocenters. The van der Waals surface area contributed by atoms with E-state index in [0.29, 0.717) is 0 Å². The molecule has 0 bridgehead atoms. The van der Waals surface area contributed by atoms with Crippen LogP contribution in [0.3, 0.4) is 0 Å². The zero-order valence-corrected chi connectivity index (χ0v) is 10.9. The zero-order chi connectivity index (χ0) is 11.9. The average Bonchev–Trinajstić information content (AvgIpc) is 2.84. The second-order valence-corrected chi connectivity index (χ2v) is 5.58. The summed E-state index contributed by atoms with van der Waals surface area (Å²) in [6.45, 7) is 1.94. The fraction of sp³-hybridized carbons (Fsp3) is 0.500. The molecule has 90 valence electrons. The van der Waals surface area contributed by atoms with Gasteiger partial charge in [0, 0.05) is 11.4 Å². The van der Waals surface area contributed by atoms with Crippen LogP contribution in [-0.4, -0.2) is 6.54 Å². The Kier molecular flexibility index (Phi) is 4.78. The van der Waals surface area contributed by atoms with Crippen LogP contribution >= 0.6 is 11.3 Å². The lowest BCUT2D eigenvalue weighted by atomic mass is 9.97. The molecule has 17 heavy (non-hydrogen) atoms. The van der Waals surface area contributed by atoms with Gasteiger partial charge in [-0.25, -0.2) is 0 Å². The van der Waals surface area contributed by atoms with Crippen molar-refractivity contribution in [1.29, 1.82) is 5.26 Å². The minimum absolute atomic E-state index is 0.803. The molecule has 2 rings (SSSR count). The summed E-state index contributed by atoms with van der Waals surface area (Å²) >= 11 is 1.58. The van der Waals surface area contributed by atoms with Gasteiger partial charge in [-0.15, -0.1) is 11.3 Å². The number of thiophene rings is 1. The number of hydrogen-bond acceptors (Lipinski definition) is 3. The van der Waals surface area contributed by atoms with E-state index in [4.69, 9.17) is 5.26 Å². The van der Waals surface area contributed by atoms with Crippen LogP contribution in [0.5, 0.6) is 0 Å². The van der Waals surface area contributed by atoms with Crippen LogP contribution in [0.25, 0.3) is 0 Å². The largest absolute Gasteiger partial charge is 0.312 e. The molecule has 0 amide bonds. The molecule has 1 heterocycles. The molecule has 0 fully saturated rings. The van der Waals surface area contributed by atoms with Crippen molar-refractivity contribution in [2.75, 3.05) is 6.54 Å². The molecular formula is C14H18N2S. The summed E-state index contributed by atoms with van der Waals surface area (Å²) in [6.07, 6.45) is 8.87. The van der Waals surface area contributed by atoms with Crippen molar-refractivity contribution in [3.63, 3.8) is 0 Å². The van der Waals surface area contributed by atoms with Crippen molar-refractivity contribution < 1.29 is 0 Å². The van der Waals surface area contributed by atoms with Crippen LogP contribution in [0.1, 0.15) is 41.9 Å². The lowest BCUT2D eigenvalue weighted by Crippen LogP contribution is -2.14. The first-order valence-electron chi connectivity index (χ1n) is 6.26. The maximum atomic E-state index is 8.73. The van der Waals surface area contributed by atoms with E-state index in [1.807, 2.05) is 12.1 Å². The standard InChI is InChI=1S/C14H18N2S/c15-10-13-6-7-14(17-13)11-16-9-8-12-4-2-1-3-5-12/h4,6-7,16H,1-3,5,8-9,11H2. The summed E-state index contributed by atoms with van der Waals surface area (Å²) in [5, 5.41) is 12.2. The van der Waals surface area contributed by atoms with Gasteiger partial charge in [0.05, 0.1) is 0 Å². The third-order valence-electron chi connectivity index (χ3n) is 3.08. The summed E-state index contributed by atoms with van der Waals surface area (Å²) in [5.74, 6) is 0. The van der Waals surface area contributed by atoms with E-state index in [1.54, 1.807) is 16.9 Å². The first-order chi connectivity index (χ1) is 8.38. The van der Waals surface area contributed by atoms with E-state index in [1.165, 1.54) is 37.0 Å². The predicted molar refractivity (Wildman–Crippen MR) is 71.9 cm³/mol. The van der Waals surface area contributed by atoms with Crippen LogP contribution in [0.2, 0.25) is 0 Å². The minimum Gasteiger partial charge on any atom is -0.312 e. The molecule has 0 radical (unpaired) electrons. The van der Waals surface area contributed by atoms with Crippen LogP contribution in [-0.2, 0) is 6.54 Å². The number of nitriles is 1. The van der Waals surface area contributed by atoms with Crippen LogP contribution in [0, 0.1) is 11.3 Å². The Hall–Kier alpha value is -1.11. The van der Waals surface area contributed by atoms with Gasteiger partial charge in [-0.05, 0) is 50.8 Å². The molecule has 3 heteroatoms. The number of allylic oxidation sites excluding steroid dienone is 1. The van der Waals surface area contributed by atoms with E-state index in [9.17, 15) is 0 Å². The van der Waals surface area contributed by atoms with Gasteiger partial charge in [-0.1, -0.05) is 11.6 Å². The Morgan fingerprint density at radius 3 is 3.00 bits per heavy atom. The van der Waals surface area contributed by atoms with Gasteiger partial charge in [0.25, 0.3) is 0 Å². The van der Waals surface area contributed by atoms with Crippen LogP contribution < -0.4 is 5.32 Å². The maximum absolute atomic E-state index is 8.73. The second kappa shape index (κ2) is 6.58. The third-order valence-corrected chi connectivity index (χ3v) is 4.07. The number of nitrogens with one attached hydrogen (secondary N) is 1. The van der Waals surface area contributed by atoms with Crippen molar-refractivity contribution >= 4 is 11.3 Å². The number of hydrogen-bond donors (Lipinski definition) is 1. The highest BCUT2D eigenvalue weighted by molar-refractivity contribution is 7.12. The van der Waals surface area contributed by atoms with Crippen LogP contribution in [0.4, 0.5) is 0 Å². The van der Waals surface area contributed by atoms with Crippen molar-refractivity contribution in [2.45, 2.75) is 38.6 Å². The highest BCUT2D eigenvalue weighted by Crippen LogP contribution is 2.19. The third kappa shape index (κ3) is 3.99. The van der Waals surface area contributed by atoms with E-state index < -0.39 is 0 Å². The van der Waals surface area contributed by atoms with Crippen LogP contribution in [0.15, 0.2) is 23.8 Å². The van der Waals surface area contributed by atoms with Gasteiger partial charge >= 0.3 is 0 Å². The quantitative estimate of drug-likeness (QED) is 0.636. The molecule has 0 saturated heterocycles. The molecule has 0 saturated carbocycles.